The Balaban J connectivity index is 0.00000147. The Bertz CT molecular complexity index is 438. The fourth-order valence-corrected chi connectivity index (χ4v) is 3.56. The van der Waals surface area contributed by atoms with Crippen LogP contribution in [0.2, 0.25) is 0 Å². The fourth-order valence-electron chi connectivity index (χ4n) is 3.56. The van der Waals surface area contributed by atoms with E-state index < -0.39 is 6.43 Å². The first-order valence-corrected chi connectivity index (χ1v) is 6.98. The van der Waals surface area contributed by atoms with Crippen LogP contribution in [-0.4, -0.2) is 24.0 Å². The van der Waals surface area contributed by atoms with Crippen LogP contribution in [0.4, 0.5) is 8.78 Å². The quantitative estimate of drug-likeness (QED) is 0.929. The molecule has 0 radical (unpaired) electrons. The van der Waals surface area contributed by atoms with Crippen molar-refractivity contribution in [1.29, 1.82) is 0 Å². The zero-order valence-electron chi connectivity index (χ0n) is 11.3. The summed E-state index contributed by atoms with van der Waals surface area (Å²) >= 11 is 0. The lowest BCUT2D eigenvalue weighted by Crippen LogP contribution is -2.30. The van der Waals surface area contributed by atoms with Gasteiger partial charge in [0, 0.05) is 31.2 Å². The van der Waals surface area contributed by atoms with Crippen LogP contribution < -0.4 is 5.73 Å². The van der Waals surface area contributed by atoms with E-state index in [2.05, 4.69) is 4.90 Å². The van der Waals surface area contributed by atoms with Crippen molar-refractivity contribution in [2.75, 3.05) is 13.1 Å². The predicted octanol–water partition coefficient (Wildman–Crippen LogP) is 3.22. The maximum Gasteiger partial charge on any atom is 0.263 e. The van der Waals surface area contributed by atoms with Gasteiger partial charge in [0.2, 0.25) is 0 Å². The fraction of sp³-hybridized carbons (Fsp3) is 0.600. The highest BCUT2D eigenvalue weighted by atomic mass is 35.5. The Kier molecular flexibility index (Phi) is 4.99. The summed E-state index contributed by atoms with van der Waals surface area (Å²) in [6, 6.07) is 7.05. The number of alkyl halides is 2. The normalized spacial score (nSPS) is 29.5. The molecule has 1 aliphatic heterocycles. The molecular weight excluding hydrogens is 282 g/mol. The van der Waals surface area contributed by atoms with Crippen molar-refractivity contribution in [2.45, 2.75) is 31.9 Å². The predicted molar refractivity (Wildman–Crippen MR) is 78.1 cm³/mol. The Hall–Kier alpha value is -0.710. The molecular formula is C15H21ClF2N2. The highest BCUT2D eigenvalue weighted by Gasteiger charge is 2.40. The van der Waals surface area contributed by atoms with E-state index in [1.54, 1.807) is 0 Å². The van der Waals surface area contributed by atoms with Crippen LogP contribution in [-0.2, 0) is 6.54 Å². The number of hydrogen-bond acceptors (Lipinski definition) is 2. The van der Waals surface area contributed by atoms with Crippen LogP contribution in [0.3, 0.4) is 0 Å². The summed E-state index contributed by atoms with van der Waals surface area (Å²) in [6.45, 7) is 3.01. The van der Waals surface area contributed by atoms with Gasteiger partial charge in [-0.2, -0.15) is 0 Å². The Labute approximate surface area is 124 Å². The van der Waals surface area contributed by atoms with Gasteiger partial charge in [-0.05, 0) is 30.2 Å². The summed E-state index contributed by atoms with van der Waals surface area (Å²) in [6.07, 6.45) is 0.0250. The molecule has 3 atom stereocenters. The van der Waals surface area contributed by atoms with Gasteiger partial charge in [0.1, 0.15) is 0 Å². The lowest BCUT2D eigenvalue weighted by Gasteiger charge is -2.18. The standard InChI is InChI=1S/C15H20F2N2.ClH/c16-15(17)11-3-1-10(2-4-11)7-19-8-12-5-6-14(18)13(12)9-19;/h1-4,12-15H,5-9,18H2;1H. The average Bonchev–Trinajstić information content (AvgIpc) is 2.93. The number of hydrogen-bond donors (Lipinski definition) is 1. The molecule has 2 fully saturated rings. The molecule has 3 rings (SSSR count). The Morgan fingerprint density at radius 3 is 2.45 bits per heavy atom. The lowest BCUT2D eigenvalue weighted by atomic mass is 9.98. The van der Waals surface area contributed by atoms with Crippen molar-refractivity contribution in [3.8, 4) is 0 Å². The van der Waals surface area contributed by atoms with Crippen LogP contribution in [0.25, 0.3) is 0 Å². The summed E-state index contributed by atoms with van der Waals surface area (Å²) in [5.74, 6) is 1.38. The Morgan fingerprint density at radius 2 is 1.85 bits per heavy atom. The number of fused-ring (bicyclic) bond motifs is 1. The molecule has 3 unspecified atom stereocenters. The first kappa shape index (κ1) is 15.7. The Morgan fingerprint density at radius 1 is 1.15 bits per heavy atom. The van der Waals surface area contributed by atoms with Crippen molar-refractivity contribution in [2.24, 2.45) is 17.6 Å². The van der Waals surface area contributed by atoms with Crippen molar-refractivity contribution >= 4 is 12.4 Å². The van der Waals surface area contributed by atoms with Gasteiger partial charge >= 0.3 is 0 Å². The minimum atomic E-state index is -2.38. The zero-order chi connectivity index (χ0) is 13.4. The summed E-state index contributed by atoms with van der Waals surface area (Å²) < 4.78 is 25.0. The van der Waals surface area contributed by atoms with E-state index in [0.29, 0.717) is 12.0 Å². The van der Waals surface area contributed by atoms with Crippen LogP contribution in [0, 0.1) is 11.8 Å². The highest BCUT2D eigenvalue weighted by Crippen LogP contribution is 2.37. The molecule has 0 amide bonds. The molecule has 2 nitrogen and oxygen atoms in total. The van der Waals surface area contributed by atoms with Gasteiger partial charge < -0.3 is 5.73 Å². The second kappa shape index (κ2) is 6.37. The molecule has 2 N–H and O–H groups in total. The topological polar surface area (TPSA) is 29.3 Å². The van der Waals surface area contributed by atoms with Gasteiger partial charge in [0.25, 0.3) is 6.43 Å². The summed E-state index contributed by atoms with van der Waals surface area (Å²) in [5.41, 5.74) is 7.33. The maximum atomic E-state index is 12.5. The van der Waals surface area contributed by atoms with E-state index in [1.165, 1.54) is 18.6 Å². The molecule has 2 aliphatic rings. The number of nitrogens with two attached hydrogens (primary N) is 1. The minimum absolute atomic E-state index is 0. The van der Waals surface area contributed by atoms with Crippen LogP contribution >= 0.6 is 12.4 Å². The van der Waals surface area contributed by atoms with Gasteiger partial charge in [0.05, 0.1) is 0 Å². The number of benzene rings is 1. The monoisotopic (exact) mass is 302 g/mol. The molecule has 1 heterocycles. The smallest absolute Gasteiger partial charge is 0.263 e. The third-order valence-corrected chi connectivity index (χ3v) is 4.63. The van der Waals surface area contributed by atoms with Gasteiger partial charge in [-0.3, -0.25) is 4.90 Å². The molecule has 1 saturated carbocycles. The third-order valence-electron chi connectivity index (χ3n) is 4.63. The van der Waals surface area contributed by atoms with Crippen LogP contribution in [0.5, 0.6) is 0 Å². The van der Waals surface area contributed by atoms with Crippen molar-refractivity contribution in [3.63, 3.8) is 0 Å². The van der Waals surface area contributed by atoms with Crippen molar-refractivity contribution in [3.05, 3.63) is 35.4 Å². The van der Waals surface area contributed by atoms with Gasteiger partial charge in [-0.1, -0.05) is 24.3 Å². The molecule has 0 aromatic heterocycles. The summed E-state index contributed by atoms with van der Waals surface area (Å²) in [5, 5.41) is 0. The maximum absolute atomic E-state index is 12.5. The van der Waals surface area contributed by atoms with Crippen molar-refractivity contribution < 1.29 is 8.78 Å². The molecule has 0 bridgehead atoms. The number of halogens is 3. The summed E-state index contributed by atoms with van der Waals surface area (Å²) in [4.78, 5) is 2.41. The average molecular weight is 303 g/mol. The highest BCUT2D eigenvalue weighted by molar-refractivity contribution is 5.85. The second-order valence-corrected chi connectivity index (χ2v) is 5.90. The van der Waals surface area contributed by atoms with Gasteiger partial charge in [0.15, 0.2) is 0 Å². The SMILES string of the molecule is Cl.NC1CCC2CN(Cc3ccc(C(F)F)cc3)CC12. The van der Waals surface area contributed by atoms with Gasteiger partial charge in [-0.25, -0.2) is 8.78 Å². The molecule has 0 spiro atoms. The second-order valence-electron chi connectivity index (χ2n) is 5.90. The number of rotatable bonds is 3. The minimum Gasteiger partial charge on any atom is -0.327 e. The van der Waals surface area contributed by atoms with Gasteiger partial charge in [-0.15, -0.1) is 12.4 Å². The molecule has 1 aromatic rings. The van der Waals surface area contributed by atoms with E-state index in [9.17, 15) is 8.78 Å². The molecule has 20 heavy (non-hydrogen) atoms. The van der Waals surface area contributed by atoms with Crippen LogP contribution in [0.1, 0.15) is 30.4 Å². The molecule has 1 aromatic carbocycles. The first-order valence-electron chi connectivity index (χ1n) is 6.98. The zero-order valence-corrected chi connectivity index (χ0v) is 12.2. The van der Waals surface area contributed by atoms with E-state index in [4.69, 9.17) is 5.73 Å². The largest absolute Gasteiger partial charge is 0.327 e. The lowest BCUT2D eigenvalue weighted by molar-refractivity contribution is 0.151. The molecule has 5 heteroatoms. The summed E-state index contributed by atoms with van der Waals surface area (Å²) in [7, 11) is 0. The van der Waals surface area contributed by atoms with E-state index in [-0.39, 0.29) is 18.0 Å². The third kappa shape index (κ3) is 3.13. The van der Waals surface area contributed by atoms with Crippen molar-refractivity contribution in [1.82, 2.24) is 4.90 Å². The van der Waals surface area contributed by atoms with E-state index >= 15 is 0 Å². The molecule has 1 saturated heterocycles. The van der Waals surface area contributed by atoms with E-state index in [0.717, 1.165) is 37.5 Å². The molecule has 112 valence electrons. The molecule has 1 aliphatic carbocycles. The number of nitrogens with zero attached hydrogens (tertiary/aromatic N) is 1. The number of likely N-dealkylation sites (tertiary alicyclic amines) is 1. The van der Waals surface area contributed by atoms with Crippen LogP contribution in [0.15, 0.2) is 24.3 Å². The van der Waals surface area contributed by atoms with E-state index in [1.807, 2.05) is 12.1 Å². The first-order chi connectivity index (χ1) is 9.13.